The van der Waals surface area contributed by atoms with Crippen LogP contribution in [0.2, 0.25) is 0 Å². The smallest absolute Gasteiger partial charge is 0.122 e. The van der Waals surface area contributed by atoms with Gasteiger partial charge in [-0.05, 0) is 36.5 Å². The van der Waals surface area contributed by atoms with E-state index in [0.29, 0.717) is 18.9 Å². The fourth-order valence-corrected chi connectivity index (χ4v) is 1.47. The maximum atomic E-state index is 13.1. The lowest BCUT2D eigenvalue weighted by Gasteiger charge is -2.22. The van der Waals surface area contributed by atoms with Crippen molar-refractivity contribution in [1.29, 1.82) is 0 Å². The molecule has 0 radical (unpaired) electrons. The van der Waals surface area contributed by atoms with Crippen molar-refractivity contribution in [1.82, 2.24) is 0 Å². The number of allylic oxidation sites excluding steroid dienone is 4. The lowest BCUT2D eigenvalue weighted by atomic mass is 9.97. The molecule has 14 heavy (non-hydrogen) atoms. The minimum absolute atomic E-state index is 0.1000. The SMILES string of the molecule is C=CC1=C(/C=C(/F)CC)CC(C)CO1. The fourth-order valence-electron chi connectivity index (χ4n) is 1.47. The average molecular weight is 196 g/mol. The van der Waals surface area contributed by atoms with Gasteiger partial charge in [0.15, 0.2) is 0 Å². The van der Waals surface area contributed by atoms with Crippen molar-refractivity contribution < 1.29 is 9.13 Å². The molecule has 1 atom stereocenters. The first-order valence-electron chi connectivity index (χ1n) is 5.01. The molecule has 1 aliphatic rings. The van der Waals surface area contributed by atoms with E-state index in [1.54, 1.807) is 19.1 Å². The summed E-state index contributed by atoms with van der Waals surface area (Å²) >= 11 is 0. The van der Waals surface area contributed by atoms with E-state index in [4.69, 9.17) is 4.74 Å². The monoisotopic (exact) mass is 196 g/mol. The highest BCUT2D eigenvalue weighted by molar-refractivity contribution is 5.31. The molecule has 1 rings (SSSR count). The van der Waals surface area contributed by atoms with Gasteiger partial charge in [-0.1, -0.05) is 20.4 Å². The maximum Gasteiger partial charge on any atom is 0.122 e. The molecular weight excluding hydrogens is 179 g/mol. The van der Waals surface area contributed by atoms with Crippen molar-refractivity contribution in [2.24, 2.45) is 5.92 Å². The molecule has 1 heterocycles. The van der Waals surface area contributed by atoms with Gasteiger partial charge in [0.25, 0.3) is 0 Å². The summed E-state index contributed by atoms with van der Waals surface area (Å²) in [6.07, 6.45) is 4.53. The van der Waals surface area contributed by atoms with Crippen LogP contribution in [0.5, 0.6) is 0 Å². The average Bonchev–Trinajstić information content (AvgIpc) is 2.18. The third-order valence-electron chi connectivity index (χ3n) is 2.26. The Kier molecular flexibility index (Phi) is 3.93. The maximum absolute atomic E-state index is 13.1. The molecule has 0 aromatic carbocycles. The number of hydrogen-bond donors (Lipinski definition) is 0. The van der Waals surface area contributed by atoms with Crippen LogP contribution in [0.25, 0.3) is 0 Å². The summed E-state index contributed by atoms with van der Waals surface area (Å²) in [5, 5.41) is 0. The molecule has 1 aliphatic heterocycles. The molecule has 0 aliphatic carbocycles. The van der Waals surface area contributed by atoms with E-state index < -0.39 is 0 Å². The zero-order valence-corrected chi connectivity index (χ0v) is 8.85. The van der Waals surface area contributed by atoms with Gasteiger partial charge < -0.3 is 4.74 Å². The second-order valence-electron chi connectivity index (χ2n) is 3.66. The van der Waals surface area contributed by atoms with Crippen LogP contribution in [0.3, 0.4) is 0 Å². The molecule has 0 aromatic rings. The Bertz CT molecular complexity index is 276. The first-order chi connectivity index (χ1) is 6.67. The minimum atomic E-state index is -0.1000. The van der Waals surface area contributed by atoms with Crippen LogP contribution in [0, 0.1) is 5.92 Å². The van der Waals surface area contributed by atoms with Crippen molar-refractivity contribution in [3.63, 3.8) is 0 Å². The predicted octanol–water partition coefficient (Wildman–Crippen LogP) is 3.75. The van der Waals surface area contributed by atoms with Crippen molar-refractivity contribution in [2.45, 2.75) is 26.7 Å². The second-order valence-corrected chi connectivity index (χ2v) is 3.66. The van der Waals surface area contributed by atoms with Gasteiger partial charge in [-0.15, -0.1) is 0 Å². The summed E-state index contributed by atoms with van der Waals surface area (Å²) in [5.41, 5.74) is 0.929. The molecular formula is C12H17FO. The first kappa shape index (κ1) is 11.0. The summed E-state index contributed by atoms with van der Waals surface area (Å²) in [6.45, 7) is 8.25. The topological polar surface area (TPSA) is 9.23 Å². The summed E-state index contributed by atoms with van der Waals surface area (Å²) in [6, 6.07) is 0. The van der Waals surface area contributed by atoms with Gasteiger partial charge in [-0.3, -0.25) is 0 Å². The quantitative estimate of drug-likeness (QED) is 0.668. The number of halogens is 1. The molecule has 0 bridgehead atoms. The summed E-state index contributed by atoms with van der Waals surface area (Å²) < 4.78 is 18.5. The van der Waals surface area contributed by atoms with Gasteiger partial charge in [-0.25, -0.2) is 4.39 Å². The summed E-state index contributed by atoms with van der Waals surface area (Å²) in [5.74, 6) is 1.08. The van der Waals surface area contributed by atoms with Crippen LogP contribution in [0.4, 0.5) is 4.39 Å². The Morgan fingerprint density at radius 2 is 2.43 bits per heavy atom. The molecule has 0 saturated heterocycles. The van der Waals surface area contributed by atoms with E-state index in [1.807, 2.05) is 0 Å². The molecule has 1 nitrogen and oxygen atoms in total. The summed E-state index contributed by atoms with van der Waals surface area (Å²) in [7, 11) is 0. The Balaban J connectivity index is 2.89. The van der Waals surface area contributed by atoms with E-state index in [-0.39, 0.29) is 5.83 Å². The molecule has 0 spiro atoms. The van der Waals surface area contributed by atoms with Gasteiger partial charge in [0.1, 0.15) is 11.6 Å². The lowest BCUT2D eigenvalue weighted by Crippen LogP contribution is -2.13. The van der Waals surface area contributed by atoms with Crippen molar-refractivity contribution in [2.75, 3.05) is 6.61 Å². The Hall–Kier alpha value is -1.05. The Morgan fingerprint density at radius 1 is 1.71 bits per heavy atom. The Labute approximate surface area is 85.0 Å². The van der Waals surface area contributed by atoms with Gasteiger partial charge in [0.2, 0.25) is 0 Å². The van der Waals surface area contributed by atoms with Crippen LogP contribution >= 0.6 is 0 Å². The normalized spacial score (nSPS) is 23.4. The van der Waals surface area contributed by atoms with Gasteiger partial charge >= 0.3 is 0 Å². The summed E-state index contributed by atoms with van der Waals surface area (Å²) in [4.78, 5) is 0. The molecule has 78 valence electrons. The van der Waals surface area contributed by atoms with Crippen molar-refractivity contribution in [3.8, 4) is 0 Å². The molecule has 0 saturated carbocycles. The van der Waals surface area contributed by atoms with E-state index in [1.165, 1.54) is 0 Å². The number of rotatable bonds is 3. The highest BCUT2D eigenvalue weighted by Crippen LogP contribution is 2.26. The zero-order chi connectivity index (χ0) is 10.6. The van der Waals surface area contributed by atoms with Crippen LogP contribution in [-0.2, 0) is 4.74 Å². The third kappa shape index (κ3) is 2.72. The Morgan fingerprint density at radius 3 is 3.00 bits per heavy atom. The van der Waals surface area contributed by atoms with E-state index in [0.717, 1.165) is 17.8 Å². The highest BCUT2D eigenvalue weighted by atomic mass is 19.1. The van der Waals surface area contributed by atoms with Crippen molar-refractivity contribution >= 4 is 0 Å². The predicted molar refractivity (Wildman–Crippen MR) is 56.4 cm³/mol. The van der Waals surface area contributed by atoms with Crippen molar-refractivity contribution in [3.05, 3.63) is 35.9 Å². The molecule has 0 fully saturated rings. The third-order valence-corrected chi connectivity index (χ3v) is 2.26. The lowest BCUT2D eigenvalue weighted by molar-refractivity contribution is 0.160. The molecule has 0 amide bonds. The van der Waals surface area contributed by atoms with Crippen LogP contribution in [-0.4, -0.2) is 6.61 Å². The standard InChI is InChI=1S/C12H17FO/c1-4-11(13)7-10-6-9(3)8-14-12(10)5-2/h5,7,9H,2,4,6,8H2,1,3H3/b11-7+. The highest BCUT2D eigenvalue weighted by Gasteiger charge is 2.16. The fraction of sp³-hybridized carbons (Fsp3) is 0.500. The zero-order valence-electron chi connectivity index (χ0n) is 8.85. The van der Waals surface area contributed by atoms with E-state index in [9.17, 15) is 4.39 Å². The minimum Gasteiger partial charge on any atom is -0.493 e. The molecule has 2 heteroatoms. The van der Waals surface area contributed by atoms with Crippen LogP contribution in [0.15, 0.2) is 35.9 Å². The van der Waals surface area contributed by atoms with E-state index >= 15 is 0 Å². The van der Waals surface area contributed by atoms with Gasteiger partial charge in [-0.2, -0.15) is 0 Å². The number of hydrogen-bond acceptors (Lipinski definition) is 1. The van der Waals surface area contributed by atoms with Crippen LogP contribution < -0.4 is 0 Å². The molecule has 0 N–H and O–H groups in total. The molecule has 1 unspecified atom stereocenters. The van der Waals surface area contributed by atoms with Gasteiger partial charge in [0, 0.05) is 0 Å². The number of ether oxygens (including phenoxy) is 1. The molecule has 0 aromatic heterocycles. The van der Waals surface area contributed by atoms with Gasteiger partial charge in [0.05, 0.1) is 6.61 Å². The van der Waals surface area contributed by atoms with E-state index in [2.05, 4.69) is 13.5 Å². The largest absolute Gasteiger partial charge is 0.493 e. The first-order valence-corrected chi connectivity index (χ1v) is 5.01. The van der Waals surface area contributed by atoms with Crippen LogP contribution in [0.1, 0.15) is 26.7 Å². The second kappa shape index (κ2) is 4.99.